The molecule has 1 aromatic carbocycles. The third kappa shape index (κ3) is 5.87. The number of likely N-dealkylation sites (tertiary alicyclic amines) is 2. The zero-order valence-corrected chi connectivity index (χ0v) is 24.3. The van der Waals surface area contributed by atoms with E-state index >= 15 is 4.39 Å². The summed E-state index contributed by atoms with van der Waals surface area (Å²) in [4.78, 5) is 40.8. The number of halogens is 1. The van der Waals surface area contributed by atoms with Crippen LogP contribution in [0, 0.1) is 11.7 Å². The number of rotatable bonds is 4. The first-order chi connectivity index (χ1) is 18.9. The summed E-state index contributed by atoms with van der Waals surface area (Å²) < 4.78 is 22.8. The molecule has 1 unspecified atom stereocenters. The number of carbonyl (C=O) groups excluding carboxylic acids is 3. The number of hydrogen-bond acceptors (Lipinski definition) is 6. The lowest BCUT2D eigenvalue weighted by atomic mass is 9.84. The summed E-state index contributed by atoms with van der Waals surface area (Å²) in [6, 6.07) is 3.84. The molecule has 9 nitrogen and oxygen atoms in total. The Bertz CT molecular complexity index is 1290. The van der Waals surface area contributed by atoms with Crippen molar-refractivity contribution < 1.29 is 23.5 Å². The Morgan fingerprint density at radius 1 is 1.07 bits per heavy atom. The minimum Gasteiger partial charge on any atom is -0.444 e. The fourth-order valence-corrected chi connectivity index (χ4v) is 6.65. The molecule has 1 N–H and O–H groups in total. The molecule has 40 heavy (non-hydrogen) atoms. The number of hydrogen-bond donors (Lipinski definition) is 1. The lowest BCUT2D eigenvalue weighted by molar-refractivity contribution is -0.134. The Hall–Kier alpha value is -3.01. The average molecular weight is 556 g/mol. The van der Waals surface area contributed by atoms with Crippen LogP contribution in [0.15, 0.2) is 12.1 Å². The van der Waals surface area contributed by atoms with Gasteiger partial charge in [-0.1, -0.05) is 0 Å². The van der Waals surface area contributed by atoms with E-state index in [-0.39, 0.29) is 36.1 Å². The van der Waals surface area contributed by atoms with Gasteiger partial charge < -0.3 is 14.5 Å². The molecule has 3 aliphatic heterocycles. The maximum Gasteiger partial charge on any atom is 0.410 e. The van der Waals surface area contributed by atoms with Crippen molar-refractivity contribution in [2.24, 2.45) is 13.0 Å². The highest BCUT2D eigenvalue weighted by atomic mass is 19.1. The van der Waals surface area contributed by atoms with Crippen LogP contribution in [0.4, 0.5) is 9.18 Å². The Morgan fingerprint density at radius 3 is 2.38 bits per heavy atom. The summed E-state index contributed by atoms with van der Waals surface area (Å²) in [6.45, 7) is 11.2. The van der Waals surface area contributed by atoms with Gasteiger partial charge in [0.05, 0.1) is 17.1 Å². The molecule has 3 fully saturated rings. The summed E-state index contributed by atoms with van der Waals surface area (Å²) in [5.74, 6) is -0.804. The van der Waals surface area contributed by atoms with Gasteiger partial charge in [-0.15, -0.1) is 0 Å². The number of imide groups is 1. The van der Waals surface area contributed by atoms with E-state index in [1.807, 2.05) is 38.8 Å². The van der Waals surface area contributed by atoms with Crippen molar-refractivity contribution >= 4 is 28.8 Å². The quantitative estimate of drug-likeness (QED) is 0.560. The van der Waals surface area contributed by atoms with Crippen molar-refractivity contribution in [2.75, 3.05) is 26.2 Å². The monoisotopic (exact) mass is 555 g/mol. The summed E-state index contributed by atoms with van der Waals surface area (Å²) in [7, 11) is 1.82. The fourth-order valence-electron chi connectivity index (χ4n) is 6.65. The molecular formula is C30H42FN5O4. The lowest BCUT2D eigenvalue weighted by Gasteiger charge is -2.42. The molecule has 0 saturated carbocycles. The van der Waals surface area contributed by atoms with Gasteiger partial charge in [0.25, 0.3) is 0 Å². The van der Waals surface area contributed by atoms with E-state index in [1.54, 1.807) is 4.68 Å². The molecule has 2 aromatic rings. The van der Waals surface area contributed by atoms with Gasteiger partial charge in [0, 0.05) is 38.0 Å². The van der Waals surface area contributed by atoms with E-state index in [1.165, 1.54) is 6.07 Å². The first kappa shape index (κ1) is 28.5. The van der Waals surface area contributed by atoms with Crippen LogP contribution in [0.25, 0.3) is 10.9 Å². The van der Waals surface area contributed by atoms with Gasteiger partial charge in [-0.05, 0) is 102 Å². The third-order valence-electron chi connectivity index (χ3n) is 8.99. The molecule has 1 aromatic heterocycles. The Balaban J connectivity index is 1.21. The molecule has 0 radical (unpaired) electrons. The number of aromatic nitrogens is 2. The lowest BCUT2D eigenvalue weighted by Crippen LogP contribution is -2.48. The molecule has 4 heterocycles. The van der Waals surface area contributed by atoms with Crippen LogP contribution in [0.1, 0.15) is 89.3 Å². The second kappa shape index (κ2) is 11.1. The van der Waals surface area contributed by atoms with Crippen molar-refractivity contribution in [3.05, 3.63) is 29.2 Å². The first-order valence-corrected chi connectivity index (χ1v) is 14.6. The average Bonchev–Trinajstić information content (AvgIpc) is 3.21. The van der Waals surface area contributed by atoms with Gasteiger partial charge in [-0.2, -0.15) is 5.10 Å². The van der Waals surface area contributed by atoms with E-state index in [2.05, 4.69) is 22.2 Å². The second-order valence-corrected chi connectivity index (χ2v) is 12.8. The van der Waals surface area contributed by atoms with E-state index in [0.29, 0.717) is 35.0 Å². The molecule has 0 spiro atoms. The SMILES string of the molecule is C[C@H](C1CCN(C(=O)OC(C)(C)C)CC1)N1CCC(c2cc3c(cc2F)c(C2CCC(=O)NC2=O)nn3C)CC1. The van der Waals surface area contributed by atoms with Crippen LogP contribution in [0.2, 0.25) is 0 Å². The Labute approximate surface area is 235 Å². The van der Waals surface area contributed by atoms with Gasteiger partial charge in [0.1, 0.15) is 11.4 Å². The molecule has 3 aliphatic rings. The molecule has 0 aliphatic carbocycles. The molecule has 2 atom stereocenters. The predicted octanol–water partition coefficient (Wildman–Crippen LogP) is 4.45. The van der Waals surface area contributed by atoms with E-state index in [9.17, 15) is 14.4 Å². The highest BCUT2D eigenvalue weighted by molar-refractivity contribution is 6.02. The summed E-state index contributed by atoms with van der Waals surface area (Å²) in [5, 5.41) is 7.60. The highest BCUT2D eigenvalue weighted by Gasteiger charge is 2.35. The molecule has 5 rings (SSSR count). The molecule has 218 valence electrons. The van der Waals surface area contributed by atoms with Crippen molar-refractivity contribution in [1.29, 1.82) is 0 Å². The van der Waals surface area contributed by atoms with Gasteiger partial charge >= 0.3 is 6.09 Å². The predicted molar refractivity (Wildman–Crippen MR) is 149 cm³/mol. The molecule has 3 saturated heterocycles. The normalized spacial score (nSPS) is 22.9. The van der Waals surface area contributed by atoms with Gasteiger partial charge in [-0.3, -0.25) is 19.6 Å². The number of carbonyl (C=O) groups is 3. The number of piperidine rings is 3. The fraction of sp³-hybridized carbons (Fsp3) is 0.667. The Morgan fingerprint density at radius 2 is 1.75 bits per heavy atom. The number of aryl methyl sites for hydroxylation is 1. The van der Waals surface area contributed by atoms with Crippen LogP contribution in [-0.2, 0) is 21.4 Å². The van der Waals surface area contributed by atoms with Crippen LogP contribution in [0.3, 0.4) is 0 Å². The van der Waals surface area contributed by atoms with Gasteiger partial charge in [-0.25, -0.2) is 9.18 Å². The number of benzene rings is 1. The van der Waals surface area contributed by atoms with Crippen molar-refractivity contribution in [1.82, 2.24) is 24.9 Å². The van der Waals surface area contributed by atoms with Gasteiger partial charge in [0.2, 0.25) is 11.8 Å². The minimum absolute atomic E-state index is 0.121. The number of ether oxygens (including phenoxy) is 1. The van der Waals surface area contributed by atoms with E-state index in [0.717, 1.165) is 57.4 Å². The highest BCUT2D eigenvalue weighted by Crippen LogP contribution is 2.37. The summed E-state index contributed by atoms with van der Waals surface area (Å²) >= 11 is 0. The molecular weight excluding hydrogens is 513 g/mol. The van der Waals surface area contributed by atoms with E-state index < -0.39 is 11.5 Å². The maximum absolute atomic E-state index is 15.5. The molecule has 0 bridgehead atoms. The van der Waals surface area contributed by atoms with Crippen molar-refractivity contribution in [3.63, 3.8) is 0 Å². The van der Waals surface area contributed by atoms with Crippen LogP contribution >= 0.6 is 0 Å². The van der Waals surface area contributed by atoms with Crippen molar-refractivity contribution in [2.45, 2.75) is 89.7 Å². The van der Waals surface area contributed by atoms with Crippen molar-refractivity contribution in [3.8, 4) is 0 Å². The molecule has 3 amide bonds. The van der Waals surface area contributed by atoms with E-state index in [4.69, 9.17) is 4.74 Å². The Kier molecular flexibility index (Phi) is 7.92. The number of nitrogens with one attached hydrogen (secondary N) is 1. The topological polar surface area (TPSA) is 96.8 Å². The second-order valence-electron chi connectivity index (χ2n) is 12.8. The third-order valence-corrected chi connectivity index (χ3v) is 8.99. The zero-order valence-electron chi connectivity index (χ0n) is 24.3. The zero-order chi connectivity index (χ0) is 28.8. The summed E-state index contributed by atoms with van der Waals surface area (Å²) in [6.07, 6.45) is 4.09. The van der Waals surface area contributed by atoms with Gasteiger partial charge in [0.15, 0.2) is 0 Å². The summed E-state index contributed by atoms with van der Waals surface area (Å²) in [5.41, 5.74) is 1.57. The molecule has 10 heteroatoms. The van der Waals surface area contributed by atoms with Crippen LogP contribution in [-0.4, -0.2) is 75.3 Å². The number of nitrogens with zero attached hydrogens (tertiary/aromatic N) is 4. The minimum atomic E-state index is -0.549. The number of amides is 3. The smallest absolute Gasteiger partial charge is 0.410 e. The standard InChI is InChI=1S/C30H42FN5O4/c1-18(19-8-14-36(15-9-19)29(39)40-30(2,3)4)35-12-10-20(11-13-35)22-17-25-23(16-24(22)31)27(33-34(25)5)21-6-7-26(37)32-28(21)38/h16-21H,6-15H2,1-5H3,(H,32,37,38)/t18-,21?/m1/s1. The van der Waals surface area contributed by atoms with Crippen LogP contribution < -0.4 is 5.32 Å². The first-order valence-electron chi connectivity index (χ1n) is 14.6. The number of fused-ring (bicyclic) bond motifs is 1. The largest absolute Gasteiger partial charge is 0.444 e. The van der Waals surface area contributed by atoms with Crippen LogP contribution in [0.5, 0.6) is 0 Å². The maximum atomic E-state index is 15.5.